The summed E-state index contributed by atoms with van der Waals surface area (Å²) in [5.74, 6) is 2.27. The molecule has 3 N–H and O–H groups in total. The van der Waals surface area contributed by atoms with Crippen molar-refractivity contribution >= 4 is 5.69 Å². The Labute approximate surface area is 115 Å². The summed E-state index contributed by atoms with van der Waals surface area (Å²) in [5, 5.41) is 0. The quantitative estimate of drug-likeness (QED) is 0.832. The molecule has 0 amide bonds. The average molecular weight is 273 g/mol. The summed E-state index contributed by atoms with van der Waals surface area (Å²) in [7, 11) is 1.53. The van der Waals surface area contributed by atoms with Crippen molar-refractivity contribution in [2.75, 3.05) is 12.8 Å². The van der Waals surface area contributed by atoms with Gasteiger partial charge < -0.3 is 20.2 Å². The van der Waals surface area contributed by atoms with Crippen LogP contribution in [0.2, 0.25) is 0 Å². The van der Waals surface area contributed by atoms with E-state index in [0.29, 0.717) is 28.9 Å². The lowest BCUT2D eigenvalue weighted by atomic mass is 10.3. The van der Waals surface area contributed by atoms with Crippen LogP contribution in [0, 0.1) is 0 Å². The molecule has 0 radical (unpaired) electrons. The third-order valence-electron chi connectivity index (χ3n) is 3.10. The zero-order chi connectivity index (χ0) is 14.1. The van der Waals surface area contributed by atoms with Gasteiger partial charge in [0, 0.05) is 17.7 Å². The number of nitrogens with zero attached hydrogens (tertiary/aromatic N) is 1. The maximum absolute atomic E-state index is 11.6. The van der Waals surface area contributed by atoms with E-state index in [-0.39, 0.29) is 11.4 Å². The minimum atomic E-state index is -0.216. The molecule has 1 aromatic heterocycles. The van der Waals surface area contributed by atoms with E-state index in [2.05, 4.69) is 9.97 Å². The van der Waals surface area contributed by atoms with Gasteiger partial charge in [-0.05, 0) is 25.0 Å². The smallest absolute Gasteiger partial charge is 0.254 e. The van der Waals surface area contributed by atoms with Crippen LogP contribution in [0.1, 0.15) is 24.6 Å². The molecule has 6 heteroatoms. The van der Waals surface area contributed by atoms with Crippen LogP contribution in [-0.2, 0) is 0 Å². The Morgan fingerprint density at radius 1 is 1.30 bits per heavy atom. The first-order valence-corrected chi connectivity index (χ1v) is 6.38. The minimum Gasteiger partial charge on any atom is -0.493 e. The number of aromatic amines is 1. The molecule has 0 saturated heterocycles. The van der Waals surface area contributed by atoms with Gasteiger partial charge in [0.15, 0.2) is 11.5 Å². The summed E-state index contributed by atoms with van der Waals surface area (Å²) in [6.07, 6.45) is 2.11. The molecule has 104 valence electrons. The molecule has 0 bridgehead atoms. The van der Waals surface area contributed by atoms with Crippen molar-refractivity contribution in [2.24, 2.45) is 0 Å². The molecule has 1 heterocycles. The van der Waals surface area contributed by atoms with Crippen LogP contribution in [-0.4, -0.2) is 17.1 Å². The number of benzene rings is 1. The summed E-state index contributed by atoms with van der Waals surface area (Å²) < 4.78 is 10.8. The third kappa shape index (κ3) is 2.59. The van der Waals surface area contributed by atoms with E-state index in [1.807, 2.05) is 0 Å². The molecular formula is C14H15N3O3. The number of hydrogen-bond acceptors (Lipinski definition) is 5. The summed E-state index contributed by atoms with van der Waals surface area (Å²) in [6.45, 7) is 0. The van der Waals surface area contributed by atoms with Gasteiger partial charge in [-0.15, -0.1) is 0 Å². The van der Waals surface area contributed by atoms with Gasteiger partial charge in [-0.2, -0.15) is 4.98 Å². The van der Waals surface area contributed by atoms with E-state index in [1.54, 1.807) is 18.2 Å². The summed E-state index contributed by atoms with van der Waals surface area (Å²) in [4.78, 5) is 18.7. The van der Waals surface area contributed by atoms with Crippen molar-refractivity contribution < 1.29 is 9.47 Å². The summed E-state index contributed by atoms with van der Waals surface area (Å²) >= 11 is 0. The van der Waals surface area contributed by atoms with Crippen molar-refractivity contribution in [2.45, 2.75) is 18.8 Å². The lowest BCUT2D eigenvalue weighted by Crippen LogP contribution is -2.10. The highest BCUT2D eigenvalue weighted by Gasteiger charge is 2.26. The van der Waals surface area contributed by atoms with Gasteiger partial charge in [0.2, 0.25) is 5.88 Å². The van der Waals surface area contributed by atoms with Crippen molar-refractivity contribution in [3.63, 3.8) is 0 Å². The highest BCUT2D eigenvalue weighted by atomic mass is 16.5. The molecule has 1 saturated carbocycles. The number of ether oxygens (including phenoxy) is 2. The van der Waals surface area contributed by atoms with Crippen LogP contribution in [0.4, 0.5) is 5.69 Å². The van der Waals surface area contributed by atoms with Crippen molar-refractivity contribution in [3.8, 4) is 17.4 Å². The molecule has 1 fully saturated rings. The van der Waals surface area contributed by atoms with E-state index in [1.165, 1.54) is 13.2 Å². The average Bonchev–Trinajstić information content (AvgIpc) is 3.24. The van der Waals surface area contributed by atoms with E-state index >= 15 is 0 Å². The number of methoxy groups -OCH3 is 1. The molecule has 1 aromatic carbocycles. The van der Waals surface area contributed by atoms with Crippen LogP contribution in [0.3, 0.4) is 0 Å². The third-order valence-corrected chi connectivity index (χ3v) is 3.10. The zero-order valence-corrected chi connectivity index (χ0v) is 11.1. The summed E-state index contributed by atoms with van der Waals surface area (Å²) in [5.41, 5.74) is 6.05. The Bertz CT molecular complexity index is 692. The maximum atomic E-state index is 11.6. The first kappa shape index (κ1) is 12.5. The van der Waals surface area contributed by atoms with E-state index in [4.69, 9.17) is 15.2 Å². The van der Waals surface area contributed by atoms with Crippen LogP contribution in [0.25, 0.3) is 0 Å². The monoisotopic (exact) mass is 273 g/mol. The fraction of sp³-hybridized carbons (Fsp3) is 0.286. The topological polar surface area (TPSA) is 90.2 Å². The fourth-order valence-corrected chi connectivity index (χ4v) is 1.94. The molecule has 1 aliphatic carbocycles. The first-order valence-electron chi connectivity index (χ1n) is 6.38. The minimum absolute atomic E-state index is 0.216. The number of nitrogen functional groups attached to an aromatic ring is 1. The van der Waals surface area contributed by atoms with Crippen molar-refractivity contribution in [1.82, 2.24) is 9.97 Å². The fourth-order valence-electron chi connectivity index (χ4n) is 1.94. The highest BCUT2D eigenvalue weighted by molar-refractivity contribution is 5.52. The largest absolute Gasteiger partial charge is 0.493 e. The number of H-pyrrole nitrogens is 1. The normalized spacial score (nSPS) is 14.1. The second kappa shape index (κ2) is 4.88. The predicted octanol–water partition coefficient (Wildman–Crippen LogP) is 2.03. The standard InChI is InChI=1S/C14H15N3O3/c1-19-11-6-9(15)4-5-10(11)20-13-7-12(18)16-14(17-13)8-2-3-8/h4-8H,2-3,15H2,1H3,(H,16,17,18). The van der Waals surface area contributed by atoms with Gasteiger partial charge in [-0.25, -0.2) is 0 Å². The van der Waals surface area contributed by atoms with E-state index in [0.717, 1.165) is 12.8 Å². The van der Waals surface area contributed by atoms with Crippen LogP contribution < -0.4 is 20.8 Å². The Morgan fingerprint density at radius 3 is 2.80 bits per heavy atom. The second-order valence-electron chi connectivity index (χ2n) is 4.76. The predicted molar refractivity (Wildman–Crippen MR) is 74.3 cm³/mol. The Balaban J connectivity index is 1.92. The lowest BCUT2D eigenvalue weighted by Gasteiger charge is -2.10. The number of aromatic nitrogens is 2. The van der Waals surface area contributed by atoms with Crippen LogP contribution >= 0.6 is 0 Å². The van der Waals surface area contributed by atoms with Crippen molar-refractivity contribution in [1.29, 1.82) is 0 Å². The van der Waals surface area contributed by atoms with Crippen LogP contribution in [0.5, 0.6) is 17.4 Å². The van der Waals surface area contributed by atoms with Gasteiger partial charge in [0.05, 0.1) is 13.2 Å². The highest BCUT2D eigenvalue weighted by Crippen LogP contribution is 2.38. The molecule has 1 aliphatic rings. The second-order valence-corrected chi connectivity index (χ2v) is 4.76. The molecule has 0 atom stereocenters. The Hall–Kier alpha value is -2.50. The van der Waals surface area contributed by atoms with Gasteiger partial charge >= 0.3 is 0 Å². The van der Waals surface area contributed by atoms with Gasteiger partial charge in [0.1, 0.15) is 5.82 Å². The van der Waals surface area contributed by atoms with E-state index in [9.17, 15) is 4.79 Å². The molecule has 6 nitrogen and oxygen atoms in total. The Morgan fingerprint density at radius 2 is 2.10 bits per heavy atom. The van der Waals surface area contributed by atoms with E-state index < -0.39 is 0 Å². The van der Waals surface area contributed by atoms with Crippen LogP contribution in [0.15, 0.2) is 29.1 Å². The number of rotatable bonds is 4. The zero-order valence-electron chi connectivity index (χ0n) is 11.1. The van der Waals surface area contributed by atoms with Gasteiger partial charge in [-0.3, -0.25) is 4.79 Å². The number of nitrogens with one attached hydrogen (secondary N) is 1. The molecule has 2 aromatic rings. The number of nitrogens with two attached hydrogens (primary N) is 1. The van der Waals surface area contributed by atoms with Crippen molar-refractivity contribution in [3.05, 3.63) is 40.4 Å². The first-order chi connectivity index (χ1) is 9.65. The molecule has 3 rings (SSSR count). The molecule has 0 spiro atoms. The van der Waals surface area contributed by atoms with Gasteiger partial charge in [0.25, 0.3) is 5.56 Å². The number of hydrogen-bond donors (Lipinski definition) is 2. The molecule has 0 aliphatic heterocycles. The number of anilines is 1. The molecular weight excluding hydrogens is 258 g/mol. The molecule has 20 heavy (non-hydrogen) atoms. The molecule has 0 unspecified atom stereocenters. The van der Waals surface area contributed by atoms with Gasteiger partial charge in [-0.1, -0.05) is 0 Å². The maximum Gasteiger partial charge on any atom is 0.254 e. The summed E-state index contributed by atoms with van der Waals surface area (Å²) in [6, 6.07) is 6.37. The Kier molecular flexibility index (Phi) is 3.06. The lowest BCUT2D eigenvalue weighted by molar-refractivity contribution is 0.373. The SMILES string of the molecule is COc1cc(N)ccc1Oc1cc(=O)[nH]c(C2CC2)n1.